The number of carbonyl (C=O) groups excluding carboxylic acids is 1. The summed E-state index contributed by atoms with van der Waals surface area (Å²) in [7, 11) is -2.91. The van der Waals surface area contributed by atoms with Gasteiger partial charge in [0.05, 0.1) is 34.6 Å². The van der Waals surface area contributed by atoms with E-state index in [9.17, 15) is 13.2 Å². The Morgan fingerprint density at radius 2 is 2.05 bits per heavy atom. The summed E-state index contributed by atoms with van der Waals surface area (Å²) in [5.74, 6) is 0.0136. The molecule has 0 radical (unpaired) electrons. The highest BCUT2D eigenvalue weighted by molar-refractivity contribution is 7.91. The first-order chi connectivity index (χ1) is 8.87. The Bertz CT molecular complexity index is 584. The highest BCUT2D eigenvalue weighted by Crippen LogP contribution is 2.14. The minimum atomic E-state index is -2.91. The van der Waals surface area contributed by atoms with Gasteiger partial charge in [0.2, 0.25) is 0 Å². The summed E-state index contributed by atoms with van der Waals surface area (Å²) in [4.78, 5) is 16.1. The van der Waals surface area contributed by atoms with Gasteiger partial charge in [0.25, 0.3) is 5.91 Å². The number of nitrogens with one attached hydrogen (secondary N) is 1. The van der Waals surface area contributed by atoms with E-state index in [0.717, 1.165) is 0 Å². The first-order valence-corrected chi connectivity index (χ1v) is 7.93. The van der Waals surface area contributed by atoms with E-state index in [2.05, 4.69) is 10.3 Å². The fraction of sp³-hybridized carbons (Fsp3) is 0.500. The third-order valence-electron chi connectivity index (χ3n) is 3.24. The second-order valence-electron chi connectivity index (χ2n) is 4.80. The van der Waals surface area contributed by atoms with Crippen molar-refractivity contribution in [1.82, 2.24) is 10.3 Å². The fourth-order valence-electron chi connectivity index (χ4n) is 2.08. The number of anilines is 1. The number of nitrogen functional groups attached to an aromatic ring is 1. The van der Waals surface area contributed by atoms with E-state index in [4.69, 9.17) is 5.73 Å². The molecule has 1 aliphatic heterocycles. The molecular formula is C12H17N3O3S. The predicted octanol–water partition coefficient (Wildman–Crippen LogP) is 0.279. The van der Waals surface area contributed by atoms with Crippen LogP contribution in [0, 0.1) is 6.92 Å². The Kier molecular flexibility index (Phi) is 3.75. The number of nitrogens with zero attached hydrogens (tertiary/aromatic N) is 1. The Labute approximate surface area is 112 Å². The van der Waals surface area contributed by atoms with Crippen LogP contribution < -0.4 is 11.1 Å². The minimum absolute atomic E-state index is 0.100. The maximum absolute atomic E-state index is 12.1. The molecule has 104 valence electrons. The van der Waals surface area contributed by atoms with Gasteiger partial charge in [-0.05, 0) is 25.8 Å². The summed E-state index contributed by atoms with van der Waals surface area (Å²) in [6.45, 7) is 1.74. The van der Waals surface area contributed by atoms with Crippen molar-refractivity contribution in [2.45, 2.75) is 25.8 Å². The van der Waals surface area contributed by atoms with Crippen molar-refractivity contribution in [1.29, 1.82) is 0 Å². The van der Waals surface area contributed by atoms with Crippen molar-refractivity contribution >= 4 is 21.4 Å². The molecule has 6 nitrogen and oxygen atoms in total. The van der Waals surface area contributed by atoms with Crippen molar-refractivity contribution in [3.8, 4) is 0 Å². The van der Waals surface area contributed by atoms with Crippen LogP contribution in [-0.4, -0.2) is 36.9 Å². The molecule has 0 bridgehead atoms. The number of amides is 1. The number of carbonyl (C=O) groups is 1. The molecule has 7 heteroatoms. The highest BCUT2D eigenvalue weighted by Gasteiger charge is 2.25. The molecular weight excluding hydrogens is 266 g/mol. The summed E-state index contributed by atoms with van der Waals surface area (Å²) in [6, 6.07) is 1.48. The molecule has 2 heterocycles. The van der Waals surface area contributed by atoms with Gasteiger partial charge in [-0.3, -0.25) is 9.78 Å². The smallest absolute Gasteiger partial charge is 0.253 e. The topological polar surface area (TPSA) is 102 Å². The number of aromatic nitrogens is 1. The number of nitrogens with two attached hydrogens (primary N) is 1. The molecule has 1 aromatic heterocycles. The molecule has 1 amide bonds. The van der Waals surface area contributed by atoms with E-state index in [-0.39, 0.29) is 23.5 Å². The number of aryl methyl sites for hydroxylation is 1. The van der Waals surface area contributed by atoms with Crippen molar-refractivity contribution in [3.63, 3.8) is 0 Å². The van der Waals surface area contributed by atoms with Gasteiger partial charge < -0.3 is 11.1 Å². The maximum Gasteiger partial charge on any atom is 0.253 e. The molecule has 2 rings (SSSR count). The van der Waals surface area contributed by atoms with E-state index in [1.54, 1.807) is 13.0 Å². The number of hydrogen-bond donors (Lipinski definition) is 2. The van der Waals surface area contributed by atoms with Crippen molar-refractivity contribution in [3.05, 3.63) is 23.5 Å². The molecule has 0 saturated carbocycles. The third-order valence-corrected chi connectivity index (χ3v) is 4.96. The first kappa shape index (κ1) is 13.8. The summed E-state index contributed by atoms with van der Waals surface area (Å²) in [6.07, 6.45) is 2.42. The largest absolute Gasteiger partial charge is 0.397 e. The lowest BCUT2D eigenvalue weighted by atomic mass is 10.1. The van der Waals surface area contributed by atoms with Crippen LogP contribution in [0.1, 0.15) is 28.9 Å². The van der Waals surface area contributed by atoms with Gasteiger partial charge in [-0.1, -0.05) is 0 Å². The van der Waals surface area contributed by atoms with Gasteiger partial charge in [0.15, 0.2) is 0 Å². The zero-order valence-electron chi connectivity index (χ0n) is 10.7. The monoisotopic (exact) mass is 283 g/mol. The molecule has 1 fully saturated rings. The maximum atomic E-state index is 12.1. The number of pyridine rings is 1. The summed E-state index contributed by atoms with van der Waals surface area (Å²) >= 11 is 0. The second kappa shape index (κ2) is 5.16. The highest BCUT2D eigenvalue weighted by atomic mass is 32.2. The Morgan fingerprint density at radius 3 is 2.68 bits per heavy atom. The SMILES string of the molecule is Cc1ncc(N)cc1C(=O)NC1CCS(=O)(=O)CC1. The van der Waals surface area contributed by atoms with Crippen LogP contribution in [0.25, 0.3) is 0 Å². The van der Waals surface area contributed by atoms with Crippen molar-refractivity contribution < 1.29 is 13.2 Å². The van der Waals surface area contributed by atoms with E-state index in [1.165, 1.54) is 6.20 Å². The molecule has 1 saturated heterocycles. The van der Waals surface area contributed by atoms with Crippen LogP contribution in [0.5, 0.6) is 0 Å². The number of hydrogen-bond acceptors (Lipinski definition) is 5. The molecule has 0 spiro atoms. The molecule has 1 aliphatic rings. The third kappa shape index (κ3) is 3.44. The van der Waals surface area contributed by atoms with Crippen molar-refractivity contribution in [2.24, 2.45) is 0 Å². The predicted molar refractivity (Wildman–Crippen MR) is 72.5 cm³/mol. The van der Waals surface area contributed by atoms with Gasteiger partial charge in [-0.2, -0.15) is 0 Å². The van der Waals surface area contributed by atoms with E-state index in [1.807, 2.05) is 0 Å². The van der Waals surface area contributed by atoms with Gasteiger partial charge in [0.1, 0.15) is 9.84 Å². The molecule has 0 aromatic carbocycles. The quantitative estimate of drug-likeness (QED) is 0.811. The van der Waals surface area contributed by atoms with Gasteiger partial charge in [0, 0.05) is 6.04 Å². The lowest BCUT2D eigenvalue weighted by Crippen LogP contribution is -2.41. The van der Waals surface area contributed by atoms with Crippen LogP contribution in [0.3, 0.4) is 0 Å². The number of rotatable bonds is 2. The van der Waals surface area contributed by atoms with Crippen LogP contribution in [-0.2, 0) is 9.84 Å². The van der Waals surface area contributed by atoms with Crippen LogP contribution >= 0.6 is 0 Å². The molecule has 19 heavy (non-hydrogen) atoms. The molecule has 0 aliphatic carbocycles. The first-order valence-electron chi connectivity index (χ1n) is 6.11. The van der Waals surface area contributed by atoms with Gasteiger partial charge in [-0.25, -0.2) is 8.42 Å². The second-order valence-corrected chi connectivity index (χ2v) is 7.10. The molecule has 1 aromatic rings. The normalized spacial score (nSPS) is 19.0. The summed E-state index contributed by atoms with van der Waals surface area (Å²) in [5.41, 5.74) is 7.09. The summed E-state index contributed by atoms with van der Waals surface area (Å²) in [5, 5.41) is 2.84. The van der Waals surface area contributed by atoms with Crippen LogP contribution in [0.15, 0.2) is 12.3 Å². The van der Waals surface area contributed by atoms with E-state index in [0.29, 0.717) is 29.8 Å². The lowest BCUT2D eigenvalue weighted by Gasteiger charge is -2.23. The Balaban J connectivity index is 2.04. The standard InChI is InChI=1S/C12H17N3O3S/c1-8-11(6-9(13)7-14-8)12(16)15-10-2-4-19(17,18)5-3-10/h6-7,10H,2-5,13H2,1H3,(H,15,16). The van der Waals surface area contributed by atoms with E-state index >= 15 is 0 Å². The van der Waals surface area contributed by atoms with Gasteiger partial charge in [-0.15, -0.1) is 0 Å². The zero-order valence-corrected chi connectivity index (χ0v) is 11.5. The van der Waals surface area contributed by atoms with E-state index < -0.39 is 9.84 Å². The molecule has 0 unspecified atom stereocenters. The van der Waals surface area contributed by atoms with Crippen LogP contribution in [0.4, 0.5) is 5.69 Å². The van der Waals surface area contributed by atoms with Crippen LogP contribution in [0.2, 0.25) is 0 Å². The number of sulfone groups is 1. The van der Waals surface area contributed by atoms with Crippen molar-refractivity contribution in [2.75, 3.05) is 17.2 Å². The average Bonchev–Trinajstić information content (AvgIpc) is 2.35. The molecule has 3 N–H and O–H groups in total. The van der Waals surface area contributed by atoms with Gasteiger partial charge >= 0.3 is 0 Å². The molecule has 0 atom stereocenters. The summed E-state index contributed by atoms with van der Waals surface area (Å²) < 4.78 is 22.6. The average molecular weight is 283 g/mol. The minimum Gasteiger partial charge on any atom is -0.397 e. The zero-order chi connectivity index (χ0) is 14.0. The fourth-order valence-corrected chi connectivity index (χ4v) is 3.57. The Hall–Kier alpha value is -1.63. The lowest BCUT2D eigenvalue weighted by molar-refractivity contribution is 0.0933. The Morgan fingerprint density at radius 1 is 1.42 bits per heavy atom.